The Morgan fingerprint density at radius 3 is 1.72 bits per heavy atom. The van der Waals surface area contributed by atoms with Crippen molar-refractivity contribution in [2.45, 2.75) is 31.6 Å². The lowest BCUT2D eigenvalue weighted by Crippen LogP contribution is -2.17. The van der Waals surface area contributed by atoms with Crippen LogP contribution in [-0.4, -0.2) is 0 Å². The summed E-state index contributed by atoms with van der Waals surface area (Å²) in [4.78, 5) is 0. The molecule has 0 spiro atoms. The van der Waals surface area contributed by atoms with Crippen LogP contribution in [0.15, 0.2) is 198 Å². The first-order valence-electron chi connectivity index (χ1n) is 21.3. The van der Waals surface area contributed by atoms with Crippen LogP contribution >= 0.6 is 0 Å². The van der Waals surface area contributed by atoms with Crippen molar-refractivity contribution in [3.63, 3.8) is 0 Å². The molecule has 0 N–H and O–H groups in total. The molecule has 1 atom stereocenters. The fraction of sp³-hybridized carbons (Fsp3) is 0.0847. The minimum absolute atomic E-state index is 0.0642. The van der Waals surface area contributed by atoms with E-state index in [0.29, 0.717) is 5.92 Å². The Balaban J connectivity index is 0.981. The Labute approximate surface area is 348 Å². The fourth-order valence-corrected chi connectivity index (χ4v) is 11.3. The van der Waals surface area contributed by atoms with Crippen molar-refractivity contribution in [3.05, 3.63) is 210 Å². The van der Waals surface area contributed by atoms with Crippen LogP contribution in [0.4, 0.5) is 0 Å². The molecule has 0 bridgehead atoms. The van der Waals surface area contributed by atoms with E-state index in [4.69, 9.17) is 4.42 Å². The minimum atomic E-state index is -0.0642. The fourth-order valence-electron chi connectivity index (χ4n) is 11.3. The maximum Gasteiger partial charge on any atom is 0.143 e. The van der Waals surface area contributed by atoms with Gasteiger partial charge in [0.05, 0.1) is 0 Å². The van der Waals surface area contributed by atoms with Gasteiger partial charge in [0.1, 0.15) is 11.2 Å². The zero-order valence-corrected chi connectivity index (χ0v) is 33.6. The van der Waals surface area contributed by atoms with Crippen molar-refractivity contribution < 1.29 is 4.42 Å². The Morgan fingerprint density at radius 2 is 1.00 bits per heavy atom. The van der Waals surface area contributed by atoms with Crippen LogP contribution < -0.4 is 0 Å². The van der Waals surface area contributed by atoms with Gasteiger partial charge in [0.25, 0.3) is 0 Å². The van der Waals surface area contributed by atoms with Gasteiger partial charge in [-0.05, 0) is 124 Å². The normalized spacial score (nSPS) is 15.9. The Bertz CT molecular complexity index is 3660. The largest absolute Gasteiger partial charge is 0.455 e. The lowest BCUT2D eigenvalue weighted by atomic mass is 9.76. The summed E-state index contributed by atoms with van der Waals surface area (Å²) < 4.78 is 6.57. The lowest BCUT2D eigenvalue weighted by molar-refractivity contribution is 0.615. The van der Waals surface area contributed by atoms with E-state index in [9.17, 15) is 0 Å². The molecule has 1 heteroatoms. The van der Waals surface area contributed by atoms with E-state index >= 15 is 0 Å². The molecule has 0 saturated heterocycles. The molecule has 13 rings (SSSR count). The average Bonchev–Trinajstić information content (AvgIpc) is 3.78. The summed E-state index contributed by atoms with van der Waals surface area (Å²) >= 11 is 0. The molecule has 0 amide bonds. The van der Waals surface area contributed by atoms with Crippen LogP contribution in [0.2, 0.25) is 0 Å². The van der Waals surface area contributed by atoms with E-state index in [2.05, 4.69) is 202 Å². The summed E-state index contributed by atoms with van der Waals surface area (Å²) in [5.74, 6) is 0.298. The molecule has 2 aliphatic carbocycles. The van der Waals surface area contributed by atoms with E-state index in [-0.39, 0.29) is 5.41 Å². The number of hydrogen-bond acceptors (Lipinski definition) is 1. The predicted octanol–water partition coefficient (Wildman–Crippen LogP) is 16.5. The third kappa shape index (κ3) is 4.63. The molecule has 60 heavy (non-hydrogen) atoms. The van der Waals surface area contributed by atoms with Gasteiger partial charge in [-0.3, -0.25) is 0 Å². The molecule has 1 unspecified atom stereocenters. The zero-order chi connectivity index (χ0) is 39.7. The summed E-state index contributed by atoms with van der Waals surface area (Å²) in [6.45, 7) is 4.82. The molecular formula is C59H40O. The van der Waals surface area contributed by atoms with E-state index < -0.39 is 0 Å². The summed E-state index contributed by atoms with van der Waals surface area (Å²) in [6, 6.07) is 65.3. The maximum atomic E-state index is 6.57. The molecule has 0 fully saturated rings. The van der Waals surface area contributed by atoms with Gasteiger partial charge >= 0.3 is 0 Å². The number of benzene rings is 10. The second-order valence-electron chi connectivity index (χ2n) is 17.5. The molecular weight excluding hydrogens is 725 g/mol. The highest BCUT2D eigenvalue weighted by Gasteiger charge is 2.43. The van der Waals surface area contributed by atoms with Crippen molar-refractivity contribution in [2.24, 2.45) is 0 Å². The van der Waals surface area contributed by atoms with Gasteiger partial charge in [-0.15, -0.1) is 0 Å². The van der Waals surface area contributed by atoms with E-state index in [0.717, 1.165) is 17.6 Å². The zero-order valence-electron chi connectivity index (χ0n) is 33.6. The Morgan fingerprint density at radius 1 is 0.433 bits per heavy atom. The van der Waals surface area contributed by atoms with E-state index in [1.165, 1.54) is 115 Å². The highest BCUT2D eigenvalue weighted by Crippen LogP contribution is 2.57. The average molecular weight is 765 g/mol. The number of hydrogen-bond donors (Lipinski definition) is 0. The second kappa shape index (κ2) is 12.4. The molecule has 282 valence electrons. The van der Waals surface area contributed by atoms with Gasteiger partial charge in [-0.2, -0.15) is 0 Å². The molecule has 2 aliphatic rings. The first-order chi connectivity index (χ1) is 29.5. The van der Waals surface area contributed by atoms with Gasteiger partial charge in [0.15, 0.2) is 0 Å². The van der Waals surface area contributed by atoms with Gasteiger partial charge in [-0.1, -0.05) is 183 Å². The maximum absolute atomic E-state index is 6.57. The Kier molecular flexibility index (Phi) is 6.97. The number of fused-ring (bicyclic) bond motifs is 12. The molecule has 0 radical (unpaired) electrons. The van der Waals surface area contributed by atoms with Gasteiger partial charge in [0.2, 0.25) is 0 Å². The SMILES string of the molecule is CC1(C)C2=CC=C(c3ccc(-c4c5ccccc5c(-c5cccc6ccccc56)c5ccccc45)c4ccccc34)CC2c2cc3c(ccc4c5ccccc5oc34)cc21. The molecule has 0 aliphatic heterocycles. The first-order valence-corrected chi connectivity index (χ1v) is 21.3. The number of furan rings is 1. The summed E-state index contributed by atoms with van der Waals surface area (Å²) in [7, 11) is 0. The quantitative estimate of drug-likeness (QED) is 0.163. The summed E-state index contributed by atoms with van der Waals surface area (Å²) in [5.41, 5.74) is 14.1. The predicted molar refractivity (Wildman–Crippen MR) is 255 cm³/mol. The standard InChI is InChI=1S/C59H40O/c1-59(2)53-31-27-36(32-51(53)52-34-50-37(33-54(52)59)26-28-49-42-19-11-12-25-55(42)60-58(49)50)39-29-30-48(41-18-6-5-17-40(39)41)57-46-22-9-7-20-44(46)56(45-21-8-10-23-47(45)57)43-24-13-15-35-14-3-4-16-38(35)43/h3-31,33-34,51H,32H2,1-2H3. The number of allylic oxidation sites excluding steroid dienone is 4. The molecule has 1 nitrogen and oxygen atoms in total. The van der Waals surface area contributed by atoms with Crippen LogP contribution in [0, 0.1) is 0 Å². The molecule has 10 aromatic carbocycles. The molecule has 0 saturated carbocycles. The topological polar surface area (TPSA) is 13.1 Å². The monoisotopic (exact) mass is 764 g/mol. The molecule has 1 heterocycles. The minimum Gasteiger partial charge on any atom is -0.455 e. The van der Waals surface area contributed by atoms with Crippen molar-refractivity contribution in [1.82, 2.24) is 0 Å². The van der Waals surface area contributed by atoms with Crippen molar-refractivity contribution in [2.75, 3.05) is 0 Å². The van der Waals surface area contributed by atoms with Crippen LogP contribution in [0.3, 0.4) is 0 Å². The third-order valence-electron chi connectivity index (χ3n) is 14.1. The second-order valence-corrected chi connectivity index (χ2v) is 17.5. The van der Waals surface area contributed by atoms with Gasteiger partial charge in [-0.25, -0.2) is 0 Å². The van der Waals surface area contributed by atoms with Crippen LogP contribution in [0.1, 0.15) is 42.9 Å². The number of rotatable bonds is 3. The van der Waals surface area contributed by atoms with Crippen LogP contribution in [-0.2, 0) is 5.41 Å². The van der Waals surface area contributed by atoms with Crippen molar-refractivity contribution in [3.8, 4) is 22.3 Å². The highest BCUT2D eigenvalue weighted by molar-refractivity contribution is 6.25. The van der Waals surface area contributed by atoms with Crippen molar-refractivity contribution in [1.29, 1.82) is 0 Å². The van der Waals surface area contributed by atoms with Crippen LogP contribution in [0.5, 0.6) is 0 Å². The number of para-hydroxylation sites is 1. The van der Waals surface area contributed by atoms with Gasteiger partial charge < -0.3 is 4.42 Å². The lowest BCUT2D eigenvalue weighted by Gasteiger charge is -2.28. The summed E-state index contributed by atoms with van der Waals surface area (Å²) in [6.07, 6.45) is 5.82. The Hall–Kier alpha value is -7.22. The highest BCUT2D eigenvalue weighted by atomic mass is 16.3. The first kappa shape index (κ1) is 33.7. The molecule has 1 aromatic heterocycles. The van der Waals surface area contributed by atoms with E-state index in [1.54, 1.807) is 0 Å². The molecule has 11 aromatic rings. The van der Waals surface area contributed by atoms with E-state index in [1.807, 2.05) is 0 Å². The third-order valence-corrected chi connectivity index (χ3v) is 14.1. The van der Waals surface area contributed by atoms with Crippen LogP contribution in [0.25, 0.3) is 104 Å². The summed E-state index contributed by atoms with van der Waals surface area (Å²) in [5, 5.41) is 15.0. The van der Waals surface area contributed by atoms with Crippen molar-refractivity contribution >= 4 is 81.4 Å². The van der Waals surface area contributed by atoms with Gasteiger partial charge in [0, 0.05) is 27.5 Å². The smallest absolute Gasteiger partial charge is 0.143 e.